The van der Waals surface area contributed by atoms with E-state index in [0.717, 1.165) is 21.7 Å². The van der Waals surface area contributed by atoms with Crippen molar-refractivity contribution in [2.24, 2.45) is 5.41 Å². The van der Waals surface area contributed by atoms with Gasteiger partial charge in [-0.05, 0) is 71.0 Å². The summed E-state index contributed by atoms with van der Waals surface area (Å²) < 4.78 is 45.0. The SMILES string of the molecule is C=CC(=O)N1CCN(c2nc(NCCC(=O)N(C)CCOCCOCCOCCOCCOCC(=O)N[C@H](C(=O)N3C[C@H](O)C[C@H]3C(=O)N[C@@H](C)c3ccc(-c4scnc4C)cc3)C(C)(C)C)nc3c(F)c(-c4cc(O)cc5ccccc45)c(Cl)cc23)CC1. The second-order valence-electron chi connectivity index (χ2n) is 22.9. The molecule has 25 heteroatoms. The molecule has 4 atom stereocenters. The van der Waals surface area contributed by atoms with Gasteiger partial charge in [-0.25, -0.2) is 14.4 Å². The highest BCUT2D eigenvalue weighted by Crippen LogP contribution is 2.42. The third-order valence-corrected chi connectivity index (χ3v) is 16.7. The average molecular weight is 1270 g/mol. The van der Waals surface area contributed by atoms with Gasteiger partial charge in [-0.15, -0.1) is 11.3 Å². The van der Waals surface area contributed by atoms with E-state index < -0.39 is 47.1 Å². The molecule has 22 nitrogen and oxygen atoms in total. The van der Waals surface area contributed by atoms with Crippen LogP contribution in [0.5, 0.6) is 5.75 Å². The summed E-state index contributed by atoms with van der Waals surface area (Å²) in [5.74, 6) is -1.96. The molecule has 5 amide bonds. The van der Waals surface area contributed by atoms with Crippen LogP contribution in [0.3, 0.4) is 0 Å². The second kappa shape index (κ2) is 31.8. The minimum atomic E-state index is -0.999. The summed E-state index contributed by atoms with van der Waals surface area (Å²) in [5, 5.41) is 32.0. The van der Waals surface area contributed by atoms with Gasteiger partial charge in [-0.1, -0.05) is 87.5 Å². The van der Waals surface area contributed by atoms with E-state index in [1.54, 1.807) is 45.8 Å². The highest BCUT2D eigenvalue weighted by atomic mass is 35.5. The number of likely N-dealkylation sites (N-methyl/N-ethyl adjacent to an activating group) is 1. The number of carbonyl (C=O) groups excluding carboxylic acids is 5. The first-order valence-electron chi connectivity index (χ1n) is 29.8. The number of aliphatic hydroxyl groups excluding tert-OH is 1. The first-order valence-corrected chi connectivity index (χ1v) is 31.0. The minimum Gasteiger partial charge on any atom is -0.508 e. The van der Waals surface area contributed by atoms with Gasteiger partial charge in [0.1, 0.15) is 35.8 Å². The van der Waals surface area contributed by atoms with Crippen LogP contribution in [0.2, 0.25) is 5.02 Å². The number of aromatic nitrogens is 3. The number of phenolic OH excluding ortho intramolecular Hbond substituents is 1. The van der Waals surface area contributed by atoms with Crippen LogP contribution in [0.4, 0.5) is 16.2 Å². The third kappa shape index (κ3) is 17.9. The molecule has 4 aromatic carbocycles. The fourth-order valence-electron chi connectivity index (χ4n) is 10.6. The zero-order chi connectivity index (χ0) is 63.8. The summed E-state index contributed by atoms with van der Waals surface area (Å²) in [5.41, 5.74) is 4.40. The van der Waals surface area contributed by atoms with Gasteiger partial charge < -0.3 is 69.4 Å². The van der Waals surface area contributed by atoms with Crippen LogP contribution < -0.4 is 20.9 Å². The van der Waals surface area contributed by atoms with Gasteiger partial charge in [-0.2, -0.15) is 4.98 Å². The Bertz CT molecular complexity index is 3440. The van der Waals surface area contributed by atoms with E-state index in [4.69, 9.17) is 40.3 Å². The van der Waals surface area contributed by atoms with Crippen molar-refractivity contribution in [2.75, 3.05) is 129 Å². The molecule has 0 aliphatic carbocycles. The number of benzene rings is 4. The van der Waals surface area contributed by atoms with E-state index in [9.17, 15) is 34.2 Å². The molecule has 0 saturated carbocycles. The molecule has 0 bridgehead atoms. The van der Waals surface area contributed by atoms with Crippen molar-refractivity contribution in [1.82, 2.24) is 40.3 Å². The number of amides is 5. The van der Waals surface area contributed by atoms with Crippen molar-refractivity contribution >= 4 is 85.9 Å². The number of aliphatic hydroxyl groups is 1. The molecule has 2 saturated heterocycles. The van der Waals surface area contributed by atoms with E-state index >= 15 is 4.39 Å². The number of halogens is 2. The summed E-state index contributed by atoms with van der Waals surface area (Å²) in [6.07, 6.45) is 0.518. The summed E-state index contributed by atoms with van der Waals surface area (Å²) in [7, 11) is 1.68. The topological polar surface area (TPSA) is 260 Å². The maximum absolute atomic E-state index is 17.0. The fraction of sp³-hybridized carbons (Fsp3) is 0.469. The lowest BCUT2D eigenvalue weighted by Crippen LogP contribution is -2.58. The van der Waals surface area contributed by atoms with Crippen molar-refractivity contribution in [2.45, 2.75) is 71.7 Å². The number of hydrogen-bond donors (Lipinski definition) is 5. The molecule has 89 heavy (non-hydrogen) atoms. The van der Waals surface area contributed by atoms with E-state index in [1.807, 2.05) is 88.0 Å². The Morgan fingerprint density at radius 3 is 2.17 bits per heavy atom. The zero-order valence-electron chi connectivity index (χ0n) is 51.2. The number of thiazole rings is 1. The maximum atomic E-state index is 17.0. The van der Waals surface area contributed by atoms with Crippen molar-refractivity contribution in [1.29, 1.82) is 0 Å². The Kier molecular flexibility index (Phi) is 24.2. The summed E-state index contributed by atoms with van der Waals surface area (Å²) in [6, 6.07) is 17.6. The zero-order valence-corrected chi connectivity index (χ0v) is 52.8. The largest absolute Gasteiger partial charge is 0.508 e. The number of anilines is 2. The first kappa shape index (κ1) is 67.5. The monoisotopic (exact) mass is 1270 g/mol. The van der Waals surface area contributed by atoms with Crippen molar-refractivity contribution in [3.8, 4) is 27.3 Å². The van der Waals surface area contributed by atoms with E-state index in [0.29, 0.717) is 93.3 Å². The minimum absolute atomic E-state index is 0.00423. The molecule has 2 aromatic heterocycles. The van der Waals surface area contributed by atoms with Gasteiger partial charge in [-0.3, -0.25) is 24.0 Å². The van der Waals surface area contributed by atoms with Crippen LogP contribution in [-0.2, 0) is 47.7 Å². The number of carbonyl (C=O) groups is 5. The molecule has 0 spiro atoms. The smallest absolute Gasteiger partial charge is 0.246 e. The molecule has 8 rings (SSSR count). The highest BCUT2D eigenvalue weighted by molar-refractivity contribution is 7.13. The van der Waals surface area contributed by atoms with E-state index in [-0.39, 0.29) is 105 Å². The average Bonchev–Trinajstić information content (AvgIpc) is 3.78. The molecule has 2 aliphatic rings. The highest BCUT2D eigenvalue weighted by Gasteiger charge is 2.45. The summed E-state index contributed by atoms with van der Waals surface area (Å²) >= 11 is 8.44. The maximum Gasteiger partial charge on any atom is 0.246 e. The number of ether oxygens (including phenoxy) is 5. The van der Waals surface area contributed by atoms with Crippen LogP contribution in [0.1, 0.15) is 57.8 Å². The molecule has 4 heterocycles. The Morgan fingerprint density at radius 1 is 0.876 bits per heavy atom. The number of aryl methyl sites for hydroxylation is 1. The van der Waals surface area contributed by atoms with Gasteiger partial charge in [0.05, 0.1) is 92.7 Å². The predicted molar refractivity (Wildman–Crippen MR) is 339 cm³/mol. The number of rotatable bonds is 30. The third-order valence-electron chi connectivity index (χ3n) is 15.4. The standard InChI is InChI=1S/C64H80ClFN10O12S/c1-8-53(80)74-19-21-75(22-20-74)60-49-36-50(65)55(48-34-45(77)33-44-11-9-10-12-47(44)48)56(66)57(49)71-63(72-60)67-18-17-54(81)73(7)23-24-84-25-26-85-27-28-86-29-30-87-31-32-88-38-52(79)70-59(64(4,5)6)62(83)76-37-46(78)35-51(76)61(82)69-40(2)42-13-15-43(16-14-42)58-41(3)68-39-89-58/h8-16,33-34,36,39-40,46,51,59,77-78H,1,17-32,35,37-38H2,2-7H3,(H,69,82)(H,70,79)(H,67,71,72)/t40-,46+,51-,59+/m0/s1. The number of nitrogens with one attached hydrogen (secondary N) is 3. The number of aromatic hydroxyl groups is 1. The first-order chi connectivity index (χ1) is 42.7. The number of likely N-dealkylation sites (tertiary alicyclic amines) is 1. The number of piperazine rings is 1. The molecular formula is C64H80ClFN10O12S. The summed E-state index contributed by atoms with van der Waals surface area (Å²) in [4.78, 5) is 87.6. The molecule has 2 aliphatic heterocycles. The molecular weight excluding hydrogens is 1190 g/mol. The Labute approximate surface area is 526 Å². The van der Waals surface area contributed by atoms with Gasteiger partial charge in [0.25, 0.3) is 0 Å². The molecule has 5 N–H and O–H groups in total. The van der Waals surface area contributed by atoms with E-state index in [2.05, 4.69) is 32.5 Å². The van der Waals surface area contributed by atoms with Gasteiger partial charge in [0, 0.05) is 76.7 Å². The van der Waals surface area contributed by atoms with Crippen LogP contribution in [0.25, 0.3) is 43.2 Å². The lowest BCUT2D eigenvalue weighted by Gasteiger charge is -2.35. The van der Waals surface area contributed by atoms with Gasteiger partial charge >= 0.3 is 0 Å². The number of hydrogen-bond acceptors (Lipinski definition) is 18. The number of β-amino-alcohol motifs (C(OH)–C–C–N with tert-alkyl or cyclic N) is 1. The number of nitrogens with zero attached hydrogens (tertiary/aromatic N) is 7. The van der Waals surface area contributed by atoms with E-state index in [1.165, 1.54) is 17.0 Å². The number of phenols is 1. The Hall–Kier alpha value is -7.42. The Morgan fingerprint density at radius 2 is 1.53 bits per heavy atom. The van der Waals surface area contributed by atoms with Gasteiger partial charge in [0.2, 0.25) is 35.5 Å². The van der Waals surface area contributed by atoms with Crippen molar-refractivity contribution in [3.05, 3.63) is 107 Å². The van der Waals surface area contributed by atoms with Crippen LogP contribution in [-0.4, -0.2) is 207 Å². The van der Waals surface area contributed by atoms with Crippen LogP contribution in [0, 0.1) is 18.2 Å². The lowest BCUT2D eigenvalue weighted by atomic mass is 9.85. The quantitative estimate of drug-likeness (QED) is 0.0226. The lowest BCUT2D eigenvalue weighted by molar-refractivity contribution is -0.144. The summed E-state index contributed by atoms with van der Waals surface area (Å²) in [6.45, 7) is 17.0. The van der Waals surface area contributed by atoms with Crippen molar-refractivity contribution in [3.63, 3.8) is 0 Å². The number of fused-ring (bicyclic) bond motifs is 2. The molecule has 2 fully saturated rings. The molecule has 0 unspecified atom stereocenters. The predicted octanol–water partition coefficient (Wildman–Crippen LogP) is 6.93. The van der Waals surface area contributed by atoms with Crippen LogP contribution in [0.15, 0.2) is 84.9 Å². The Balaban J connectivity index is 0.681. The fourth-order valence-corrected chi connectivity index (χ4v) is 11.7. The van der Waals surface area contributed by atoms with Crippen molar-refractivity contribution < 1.29 is 62.3 Å². The molecule has 0 radical (unpaired) electrons. The van der Waals surface area contributed by atoms with Crippen LogP contribution >= 0.6 is 22.9 Å². The van der Waals surface area contributed by atoms with Gasteiger partial charge in [0.15, 0.2) is 5.82 Å². The molecule has 478 valence electrons. The molecule has 6 aromatic rings. The second-order valence-corrected chi connectivity index (χ2v) is 24.2. The normalized spacial score (nSPS) is 15.9.